The lowest BCUT2D eigenvalue weighted by Gasteiger charge is -2.12. The van der Waals surface area contributed by atoms with Gasteiger partial charge in [0, 0.05) is 19.2 Å². The first-order chi connectivity index (χ1) is 12.4. The van der Waals surface area contributed by atoms with Gasteiger partial charge in [0.15, 0.2) is 5.78 Å². The molecule has 0 saturated heterocycles. The van der Waals surface area contributed by atoms with Gasteiger partial charge in [0.25, 0.3) is 0 Å². The fourth-order valence-corrected chi connectivity index (χ4v) is 2.06. The van der Waals surface area contributed by atoms with E-state index >= 15 is 0 Å². The molecule has 0 heterocycles. The first-order valence-corrected chi connectivity index (χ1v) is 7.88. The van der Waals surface area contributed by atoms with E-state index in [0.29, 0.717) is 23.2 Å². The van der Waals surface area contributed by atoms with Crippen molar-refractivity contribution in [3.63, 3.8) is 0 Å². The zero-order chi connectivity index (χ0) is 19.1. The molecule has 0 spiro atoms. The van der Waals surface area contributed by atoms with Crippen molar-refractivity contribution in [1.82, 2.24) is 10.3 Å². The number of allylic oxidation sites excluding steroid dienone is 3. The number of hydrogen-bond acceptors (Lipinski definition) is 6. The van der Waals surface area contributed by atoms with E-state index in [2.05, 4.69) is 15.7 Å². The van der Waals surface area contributed by atoms with Crippen molar-refractivity contribution in [2.24, 2.45) is 10.3 Å². The summed E-state index contributed by atoms with van der Waals surface area (Å²) in [6, 6.07) is 6.07. The maximum atomic E-state index is 11.9. The minimum absolute atomic E-state index is 0.0426. The summed E-state index contributed by atoms with van der Waals surface area (Å²) in [6.45, 7) is 1.76. The lowest BCUT2D eigenvalue weighted by molar-refractivity contribution is -0.131. The quantitative estimate of drug-likeness (QED) is 0.278. The van der Waals surface area contributed by atoms with Crippen molar-refractivity contribution < 1.29 is 19.2 Å². The molecule has 2 rings (SSSR count). The molecule has 1 aromatic rings. The number of ketones is 3. The Bertz CT molecular complexity index is 822. The van der Waals surface area contributed by atoms with Crippen LogP contribution in [0.1, 0.15) is 23.7 Å². The second kappa shape index (κ2) is 8.61. The molecule has 0 saturated carbocycles. The second-order valence-corrected chi connectivity index (χ2v) is 5.58. The van der Waals surface area contributed by atoms with Gasteiger partial charge in [0.05, 0.1) is 5.69 Å². The van der Waals surface area contributed by atoms with Crippen molar-refractivity contribution in [3.8, 4) is 0 Å². The van der Waals surface area contributed by atoms with Gasteiger partial charge in [-0.3, -0.25) is 14.4 Å². The molecule has 0 bridgehead atoms. The third-order valence-electron chi connectivity index (χ3n) is 3.56. The van der Waals surface area contributed by atoms with Crippen LogP contribution in [-0.2, 0) is 9.59 Å². The third kappa shape index (κ3) is 5.30. The monoisotopic (exact) mass is 354 g/mol. The van der Waals surface area contributed by atoms with Crippen LogP contribution in [0.3, 0.4) is 0 Å². The summed E-state index contributed by atoms with van der Waals surface area (Å²) in [5.74, 6) is -1.15. The van der Waals surface area contributed by atoms with Gasteiger partial charge in [-0.05, 0) is 55.3 Å². The minimum atomic E-state index is -0.560. The van der Waals surface area contributed by atoms with Crippen LogP contribution >= 0.6 is 0 Å². The highest BCUT2D eigenvalue weighted by Crippen LogP contribution is 2.14. The van der Waals surface area contributed by atoms with E-state index in [1.54, 1.807) is 30.3 Å². The number of benzene rings is 1. The van der Waals surface area contributed by atoms with Crippen molar-refractivity contribution in [1.29, 1.82) is 0 Å². The SMILES string of the molecule is CC(=O)c1ccc(N=NN(C)C(=O)NCCC2=CC(=O)C(=O)C=C2)cc1. The molecule has 8 heteroatoms. The molecule has 1 aliphatic carbocycles. The Labute approximate surface area is 150 Å². The summed E-state index contributed by atoms with van der Waals surface area (Å²) < 4.78 is 0. The Morgan fingerprint density at radius 1 is 1.08 bits per heavy atom. The number of nitrogens with zero attached hydrogens (tertiary/aromatic N) is 3. The average molecular weight is 354 g/mol. The molecule has 0 fully saturated rings. The van der Waals surface area contributed by atoms with E-state index in [-0.39, 0.29) is 12.3 Å². The van der Waals surface area contributed by atoms with Crippen LogP contribution in [0, 0.1) is 0 Å². The maximum Gasteiger partial charge on any atom is 0.338 e. The third-order valence-corrected chi connectivity index (χ3v) is 3.56. The van der Waals surface area contributed by atoms with Crippen LogP contribution in [0.4, 0.5) is 10.5 Å². The Morgan fingerprint density at radius 3 is 2.38 bits per heavy atom. The number of Topliss-reactive ketones (excluding diaryl/α,β-unsaturated/α-hetero) is 1. The standard InChI is InChI=1S/C18H18N4O4/c1-12(23)14-4-6-15(7-5-14)20-21-22(2)18(26)19-10-9-13-3-8-16(24)17(25)11-13/h3-8,11H,9-10H2,1-2H3,(H,19,26). The number of carbonyl (C=O) groups excluding carboxylic acids is 4. The van der Waals surface area contributed by atoms with Gasteiger partial charge in [0.1, 0.15) is 0 Å². The lowest BCUT2D eigenvalue weighted by Crippen LogP contribution is -2.34. The maximum absolute atomic E-state index is 11.9. The van der Waals surface area contributed by atoms with Crippen LogP contribution in [0.15, 0.2) is 58.4 Å². The van der Waals surface area contributed by atoms with Crippen molar-refractivity contribution >= 4 is 29.1 Å². The summed E-state index contributed by atoms with van der Waals surface area (Å²) in [4.78, 5) is 45.4. The topological polar surface area (TPSA) is 108 Å². The molecule has 1 aromatic carbocycles. The smallest absolute Gasteiger partial charge is 0.336 e. The van der Waals surface area contributed by atoms with Crippen molar-refractivity contribution in [2.45, 2.75) is 13.3 Å². The molecule has 2 amide bonds. The average Bonchev–Trinajstić information content (AvgIpc) is 2.62. The molecule has 0 aliphatic heterocycles. The van der Waals surface area contributed by atoms with E-state index in [0.717, 1.165) is 5.01 Å². The number of carbonyl (C=O) groups is 4. The van der Waals surface area contributed by atoms with E-state index in [1.807, 2.05) is 0 Å². The van der Waals surface area contributed by atoms with Crippen LogP contribution in [0.25, 0.3) is 0 Å². The fourth-order valence-electron chi connectivity index (χ4n) is 2.06. The second-order valence-electron chi connectivity index (χ2n) is 5.58. The fraction of sp³-hybridized carbons (Fsp3) is 0.222. The molecule has 0 radical (unpaired) electrons. The van der Waals surface area contributed by atoms with Gasteiger partial charge in [-0.25, -0.2) is 4.79 Å². The molecule has 1 N–H and O–H groups in total. The molecule has 134 valence electrons. The summed E-state index contributed by atoms with van der Waals surface area (Å²) in [6.07, 6.45) is 4.46. The van der Waals surface area contributed by atoms with Crippen LogP contribution in [0.5, 0.6) is 0 Å². The Kier molecular flexibility index (Phi) is 6.26. The largest absolute Gasteiger partial charge is 0.338 e. The van der Waals surface area contributed by atoms with E-state index in [9.17, 15) is 19.2 Å². The highest BCUT2D eigenvalue weighted by atomic mass is 16.2. The molecule has 0 unspecified atom stereocenters. The van der Waals surface area contributed by atoms with Gasteiger partial charge in [0.2, 0.25) is 11.6 Å². The summed E-state index contributed by atoms with van der Waals surface area (Å²) in [7, 11) is 1.45. The lowest BCUT2D eigenvalue weighted by atomic mass is 10.0. The molecule has 1 aliphatic rings. The number of amides is 2. The highest BCUT2D eigenvalue weighted by Gasteiger charge is 2.13. The van der Waals surface area contributed by atoms with E-state index in [4.69, 9.17) is 0 Å². The van der Waals surface area contributed by atoms with Gasteiger partial charge in [-0.15, -0.1) is 5.11 Å². The predicted molar refractivity (Wildman–Crippen MR) is 94.0 cm³/mol. The van der Waals surface area contributed by atoms with Crippen LogP contribution in [-0.4, -0.2) is 42.0 Å². The van der Waals surface area contributed by atoms with Crippen LogP contribution in [0.2, 0.25) is 0 Å². The Balaban J connectivity index is 1.81. The molecule has 8 nitrogen and oxygen atoms in total. The van der Waals surface area contributed by atoms with Gasteiger partial charge in [-0.2, -0.15) is 5.01 Å². The van der Waals surface area contributed by atoms with Gasteiger partial charge < -0.3 is 5.32 Å². The molecule has 26 heavy (non-hydrogen) atoms. The zero-order valence-corrected chi connectivity index (χ0v) is 14.4. The molecular formula is C18H18N4O4. The Morgan fingerprint density at radius 2 is 1.77 bits per heavy atom. The normalized spacial score (nSPS) is 13.7. The van der Waals surface area contributed by atoms with Crippen LogP contribution < -0.4 is 5.32 Å². The summed E-state index contributed by atoms with van der Waals surface area (Å²) >= 11 is 0. The first-order valence-electron chi connectivity index (χ1n) is 7.88. The van der Waals surface area contributed by atoms with Crippen molar-refractivity contribution in [2.75, 3.05) is 13.6 Å². The highest BCUT2D eigenvalue weighted by molar-refractivity contribution is 6.46. The van der Waals surface area contributed by atoms with Crippen molar-refractivity contribution in [3.05, 3.63) is 53.6 Å². The predicted octanol–water partition coefficient (Wildman–Crippen LogP) is 2.55. The zero-order valence-electron chi connectivity index (χ0n) is 14.4. The van der Waals surface area contributed by atoms with Gasteiger partial charge in [-0.1, -0.05) is 11.3 Å². The van der Waals surface area contributed by atoms with E-state index in [1.165, 1.54) is 26.1 Å². The number of rotatable bonds is 6. The van der Waals surface area contributed by atoms with E-state index < -0.39 is 17.6 Å². The van der Waals surface area contributed by atoms with Gasteiger partial charge >= 0.3 is 6.03 Å². The summed E-state index contributed by atoms with van der Waals surface area (Å²) in [5.41, 5.74) is 1.75. The number of urea groups is 1. The minimum Gasteiger partial charge on any atom is -0.336 e. The Hall–Kier alpha value is -3.42. The summed E-state index contributed by atoms with van der Waals surface area (Å²) in [5, 5.41) is 11.4. The first kappa shape index (κ1) is 18.9. The number of nitrogens with one attached hydrogen (secondary N) is 1. The molecule has 0 atom stereocenters. The number of hydrogen-bond donors (Lipinski definition) is 1. The molecular weight excluding hydrogens is 336 g/mol. The molecule has 0 aromatic heterocycles.